The molecule has 19 nitrogen and oxygen atoms in total. The maximum absolute atomic E-state index is 13.6. The fourth-order valence-electron chi connectivity index (χ4n) is 3.99. The zero-order valence-corrected chi connectivity index (χ0v) is 25.7. The molecule has 0 fully saturated rings. The Morgan fingerprint density at radius 2 is 1.15 bits per heavy atom. The lowest BCUT2D eigenvalue weighted by Gasteiger charge is -2.26. The van der Waals surface area contributed by atoms with Gasteiger partial charge in [-0.2, -0.15) is 0 Å². The van der Waals surface area contributed by atoms with E-state index < -0.39 is 97.4 Å². The van der Waals surface area contributed by atoms with E-state index in [1.807, 2.05) is 0 Å². The Morgan fingerprint density at radius 3 is 1.66 bits per heavy atom. The van der Waals surface area contributed by atoms with Gasteiger partial charge in [-0.1, -0.05) is 12.1 Å². The number of unbranched alkanes of at least 4 members (excludes halogenated alkanes) is 1. The standard InChI is InChI=1S/C28H43N7O12/c1-14(30)23(41)34-20(12-36)27(45)33-19(11-22(39)40)26(44)32-18(10-15-5-7-16(38)8-6-15)25(43)31-17(4-2-3-9-29)24(42)35-21(13-37)28(46)47/h5-8,14,17-21,36-38H,2-4,9-13,29-30H2,1H3,(H,31,43)(H,32,44)(H,33,45)(H,34,41)(H,35,42)(H,39,40)(H,46,47)/t14-,17-,18-,19-,20-,21-/m0/s1. The molecule has 0 spiro atoms. The Labute approximate surface area is 269 Å². The molecule has 0 aliphatic rings. The fraction of sp³-hybridized carbons (Fsp3) is 0.536. The molecule has 6 atom stereocenters. The van der Waals surface area contributed by atoms with Crippen LogP contribution in [0.25, 0.3) is 0 Å². The van der Waals surface area contributed by atoms with Gasteiger partial charge in [0, 0.05) is 6.42 Å². The summed E-state index contributed by atoms with van der Waals surface area (Å²) in [5, 5.41) is 58.3. The van der Waals surface area contributed by atoms with E-state index in [2.05, 4.69) is 26.6 Å². The van der Waals surface area contributed by atoms with Gasteiger partial charge in [0.2, 0.25) is 29.5 Å². The van der Waals surface area contributed by atoms with Gasteiger partial charge in [-0.3, -0.25) is 28.8 Å². The second-order valence-corrected chi connectivity index (χ2v) is 10.6. The van der Waals surface area contributed by atoms with E-state index in [4.69, 9.17) is 11.5 Å². The highest BCUT2D eigenvalue weighted by atomic mass is 16.4. The summed E-state index contributed by atoms with van der Waals surface area (Å²) in [7, 11) is 0. The lowest BCUT2D eigenvalue weighted by Crippen LogP contribution is -2.60. The number of benzene rings is 1. The van der Waals surface area contributed by atoms with Crippen molar-refractivity contribution < 1.29 is 59.1 Å². The monoisotopic (exact) mass is 669 g/mol. The van der Waals surface area contributed by atoms with E-state index >= 15 is 0 Å². The minimum absolute atomic E-state index is 0.0141. The number of aliphatic hydroxyl groups excluding tert-OH is 2. The third kappa shape index (κ3) is 14.4. The number of aliphatic hydroxyl groups is 2. The molecule has 14 N–H and O–H groups in total. The van der Waals surface area contributed by atoms with Crippen LogP contribution in [0.15, 0.2) is 24.3 Å². The highest BCUT2D eigenvalue weighted by Gasteiger charge is 2.33. The summed E-state index contributed by atoms with van der Waals surface area (Å²) in [5.74, 6) is -8.19. The van der Waals surface area contributed by atoms with E-state index in [-0.39, 0.29) is 25.1 Å². The summed E-state index contributed by atoms with van der Waals surface area (Å²) < 4.78 is 0. The van der Waals surface area contributed by atoms with Crippen LogP contribution in [0.2, 0.25) is 0 Å². The molecule has 47 heavy (non-hydrogen) atoms. The Balaban J connectivity index is 3.34. The molecule has 0 aliphatic carbocycles. The van der Waals surface area contributed by atoms with Crippen molar-refractivity contribution in [2.45, 2.75) is 75.3 Å². The van der Waals surface area contributed by atoms with E-state index in [1.165, 1.54) is 31.2 Å². The van der Waals surface area contributed by atoms with Gasteiger partial charge in [-0.05, 0) is 50.4 Å². The van der Waals surface area contributed by atoms with Crippen LogP contribution in [0.5, 0.6) is 5.75 Å². The highest BCUT2D eigenvalue weighted by Crippen LogP contribution is 2.13. The average molecular weight is 670 g/mol. The van der Waals surface area contributed by atoms with Crippen molar-refractivity contribution in [3.8, 4) is 5.75 Å². The molecular formula is C28H43N7O12. The molecule has 0 aliphatic heterocycles. The number of hydrogen-bond donors (Lipinski definition) is 12. The Kier molecular flexibility index (Phi) is 17.4. The number of carbonyl (C=O) groups is 7. The number of hydrogen-bond acceptors (Lipinski definition) is 12. The van der Waals surface area contributed by atoms with Crippen molar-refractivity contribution in [3.05, 3.63) is 29.8 Å². The molecule has 1 rings (SSSR count). The Hall–Kier alpha value is -4.85. The number of phenols is 1. The number of phenolic OH excluding ortho intramolecular Hbond substituents is 1. The lowest BCUT2D eigenvalue weighted by atomic mass is 10.0. The van der Waals surface area contributed by atoms with Crippen molar-refractivity contribution in [2.75, 3.05) is 19.8 Å². The number of carbonyl (C=O) groups excluding carboxylic acids is 5. The molecule has 0 heterocycles. The molecule has 0 radical (unpaired) electrons. The van der Waals surface area contributed by atoms with E-state index in [0.717, 1.165) is 0 Å². The van der Waals surface area contributed by atoms with Crippen LogP contribution in [0, 0.1) is 0 Å². The van der Waals surface area contributed by atoms with E-state index in [1.54, 1.807) is 0 Å². The van der Waals surface area contributed by atoms with Crippen molar-refractivity contribution in [1.82, 2.24) is 26.6 Å². The van der Waals surface area contributed by atoms with Crippen LogP contribution < -0.4 is 38.1 Å². The van der Waals surface area contributed by atoms with Gasteiger partial charge < -0.3 is 63.6 Å². The number of rotatable bonds is 21. The summed E-state index contributed by atoms with van der Waals surface area (Å²) in [4.78, 5) is 87.4. The van der Waals surface area contributed by atoms with Crippen molar-refractivity contribution >= 4 is 41.5 Å². The second-order valence-electron chi connectivity index (χ2n) is 10.6. The number of carboxylic acid groups (broad SMARTS) is 2. The van der Waals surface area contributed by atoms with Crippen molar-refractivity contribution in [2.24, 2.45) is 11.5 Å². The van der Waals surface area contributed by atoms with Gasteiger partial charge in [0.1, 0.15) is 36.0 Å². The zero-order chi connectivity index (χ0) is 35.7. The summed E-state index contributed by atoms with van der Waals surface area (Å²) in [6, 6.07) is -3.58. The molecule has 0 aromatic heterocycles. The molecule has 1 aromatic carbocycles. The van der Waals surface area contributed by atoms with Crippen molar-refractivity contribution in [1.29, 1.82) is 0 Å². The second kappa shape index (κ2) is 20.3. The summed E-state index contributed by atoms with van der Waals surface area (Å²) in [6.45, 7) is -0.304. The van der Waals surface area contributed by atoms with Gasteiger partial charge in [0.05, 0.1) is 25.7 Å². The van der Waals surface area contributed by atoms with Gasteiger partial charge in [-0.25, -0.2) is 4.79 Å². The largest absolute Gasteiger partial charge is 0.508 e. The van der Waals surface area contributed by atoms with Crippen LogP contribution in [0.1, 0.15) is 38.2 Å². The van der Waals surface area contributed by atoms with E-state index in [9.17, 15) is 59.1 Å². The number of amides is 5. The molecule has 0 bridgehead atoms. The first-order chi connectivity index (χ1) is 22.1. The predicted octanol–water partition coefficient (Wildman–Crippen LogP) is -4.62. The van der Waals surface area contributed by atoms with Crippen LogP contribution in [-0.4, -0.2) is 123 Å². The van der Waals surface area contributed by atoms with Crippen LogP contribution in [0.4, 0.5) is 0 Å². The molecule has 0 saturated heterocycles. The lowest BCUT2D eigenvalue weighted by molar-refractivity contribution is -0.143. The molecule has 262 valence electrons. The predicted molar refractivity (Wildman–Crippen MR) is 162 cm³/mol. The van der Waals surface area contributed by atoms with Crippen molar-refractivity contribution in [3.63, 3.8) is 0 Å². The maximum Gasteiger partial charge on any atom is 0.328 e. The first-order valence-corrected chi connectivity index (χ1v) is 14.5. The Bertz CT molecular complexity index is 1240. The third-order valence-electron chi connectivity index (χ3n) is 6.63. The highest BCUT2D eigenvalue weighted by molar-refractivity contribution is 5.97. The number of aliphatic carboxylic acids is 2. The average Bonchev–Trinajstić information content (AvgIpc) is 3.01. The minimum atomic E-state index is -1.82. The minimum Gasteiger partial charge on any atom is -0.508 e. The molecule has 19 heteroatoms. The topological polar surface area (TPSA) is 333 Å². The fourth-order valence-corrected chi connectivity index (χ4v) is 3.99. The molecule has 1 aromatic rings. The van der Waals surface area contributed by atoms with E-state index in [0.29, 0.717) is 18.4 Å². The first kappa shape index (κ1) is 40.2. The molecule has 5 amide bonds. The zero-order valence-electron chi connectivity index (χ0n) is 25.7. The SMILES string of the molecule is C[C@H](N)C(=O)N[C@@H](CO)C(=O)N[C@@H](CC(=O)O)C(=O)N[C@@H](Cc1ccc(O)cc1)C(=O)N[C@@H](CCCCN)C(=O)N[C@@H](CO)C(=O)O. The number of carboxylic acids is 2. The van der Waals surface area contributed by atoms with Crippen LogP contribution in [0.3, 0.4) is 0 Å². The normalized spacial score (nSPS) is 14.7. The molecular weight excluding hydrogens is 626 g/mol. The summed E-state index contributed by atoms with van der Waals surface area (Å²) in [6.07, 6.45) is -0.502. The van der Waals surface area contributed by atoms with Gasteiger partial charge in [-0.15, -0.1) is 0 Å². The smallest absolute Gasteiger partial charge is 0.328 e. The number of nitrogens with one attached hydrogen (secondary N) is 5. The third-order valence-corrected chi connectivity index (χ3v) is 6.63. The van der Waals surface area contributed by atoms with Gasteiger partial charge >= 0.3 is 11.9 Å². The molecule has 0 saturated carbocycles. The quantitative estimate of drug-likeness (QED) is 0.0548. The number of aromatic hydroxyl groups is 1. The molecule has 0 unspecified atom stereocenters. The van der Waals surface area contributed by atoms with Gasteiger partial charge in [0.15, 0.2) is 0 Å². The van der Waals surface area contributed by atoms with Crippen LogP contribution in [-0.2, 0) is 40.0 Å². The maximum atomic E-state index is 13.6. The summed E-state index contributed by atoms with van der Waals surface area (Å²) in [5.41, 5.74) is 11.4. The van der Waals surface area contributed by atoms with Crippen LogP contribution >= 0.6 is 0 Å². The summed E-state index contributed by atoms with van der Waals surface area (Å²) >= 11 is 0. The first-order valence-electron chi connectivity index (χ1n) is 14.5. The number of nitrogens with two attached hydrogens (primary N) is 2. The Morgan fingerprint density at radius 1 is 0.681 bits per heavy atom. The van der Waals surface area contributed by atoms with Gasteiger partial charge in [0.25, 0.3) is 0 Å².